The minimum absolute atomic E-state index is 0.972. The first-order chi connectivity index (χ1) is 26.2. The molecule has 0 unspecified atom stereocenters. The van der Waals surface area contributed by atoms with Crippen molar-refractivity contribution in [2.75, 3.05) is 4.90 Å². The fourth-order valence-corrected chi connectivity index (χ4v) is 10.2. The van der Waals surface area contributed by atoms with Crippen molar-refractivity contribution in [1.82, 2.24) is 0 Å². The second kappa shape index (κ2) is 13.2. The Hall–Kier alpha value is -6.00. The minimum Gasteiger partial charge on any atom is -0.311 e. The van der Waals surface area contributed by atoms with E-state index in [1.165, 1.54) is 79.3 Å². The summed E-state index contributed by atoms with van der Waals surface area (Å²) in [6.07, 6.45) is 9.95. The van der Waals surface area contributed by atoms with Gasteiger partial charge in [0.1, 0.15) is 0 Å². The van der Waals surface area contributed by atoms with Crippen molar-refractivity contribution in [1.29, 1.82) is 0 Å². The number of hydrogen-bond acceptors (Lipinski definition) is 3. The highest BCUT2D eigenvalue weighted by Gasteiger charge is 2.17. The van der Waals surface area contributed by atoms with Crippen LogP contribution in [0.15, 0.2) is 188 Å². The molecule has 0 saturated carbocycles. The molecule has 0 radical (unpaired) electrons. The van der Waals surface area contributed by atoms with Crippen molar-refractivity contribution in [3.8, 4) is 22.3 Å². The summed E-state index contributed by atoms with van der Waals surface area (Å²) in [5, 5.41) is 5.30. The van der Waals surface area contributed by atoms with E-state index in [9.17, 15) is 0 Å². The van der Waals surface area contributed by atoms with Crippen LogP contribution in [-0.4, -0.2) is 0 Å². The smallest absolute Gasteiger partial charge is 0.0462 e. The summed E-state index contributed by atoms with van der Waals surface area (Å²) in [6, 6.07) is 58.1. The summed E-state index contributed by atoms with van der Waals surface area (Å²) in [4.78, 5) is 2.38. The van der Waals surface area contributed by atoms with Gasteiger partial charge in [0.05, 0.1) is 0 Å². The van der Waals surface area contributed by atoms with Gasteiger partial charge in [0.15, 0.2) is 0 Å². The van der Waals surface area contributed by atoms with Crippen LogP contribution >= 0.6 is 22.7 Å². The Labute approximate surface area is 317 Å². The number of fused-ring (bicyclic) bond motifs is 6. The van der Waals surface area contributed by atoms with Crippen LogP contribution in [-0.2, 0) is 0 Å². The van der Waals surface area contributed by atoms with Crippen LogP contribution in [0.2, 0.25) is 0 Å². The largest absolute Gasteiger partial charge is 0.311 e. The number of anilines is 3. The van der Waals surface area contributed by atoms with E-state index in [2.05, 4.69) is 194 Å². The third kappa shape index (κ3) is 5.61. The summed E-state index contributed by atoms with van der Waals surface area (Å²) in [7, 11) is 0. The molecule has 9 aromatic rings. The van der Waals surface area contributed by atoms with Crippen LogP contribution in [0.25, 0.3) is 68.2 Å². The lowest BCUT2D eigenvalue weighted by Crippen LogP contribution is -2.10. The molecule has 2 aromatic heterocycles. The van der Waals surface area contributed by atoms with Crippen LogP contribution in [0.5, 0.6) is 0 Å². The van der Waals surface area contributed by atoms with Crippen LogP contribution in [0, 0.1) is 0 Å². The number of nitrogens with zero attached hydrogens (tertiary/aromatic N) is 1. The number of rotatable bonds is 6. The summed E-state index contributed by atoms with van der Waals surface area (Å²) < 4.78 is 5.33. The SMILES string of the molecule is CC=C1C=CC(c2ccc(N(c3ccc(-c4cccc5c4sc4ccccc45)cc3)c3ccc(-c4cccc5c4sc4ccccc45)cc3)cc2)=CC1. The van der Waals surface area contributed by atoms with E-state index in [1.807, 2.05) is 22.7 Å². The first-order valence-corrected chi connectivity index (χ1v) is 19.8. The highest BCUT2D eigenvalue weighted by molar-refractivity contribution is 7.26. The summed E-state index contributed by atoms with van der Waals surface area (Å²) in [5.74, 6) is 0. The average molecular weight is 714 g/mol. The van der Waals surface area contributed by atoms with E-state index in [1.54, 1.807) is 0 Å². The van der Waals surface area contributed by atoms with Gasteiger partial charge in [-0.25, -0.2) is 0 Å². The van der Waals surface area contributed by atoms with Crippen molar-refractivity contribution in [2.24, 2.45) is 0 Å². The van der Waals surface area contributed by atoms with E-state index in [0.29, 0.717) is 0 Å². The van der Waals surface area contributed by atoms with E-state index in [-0.39, 0.29) is 0 Å². The van der Waals surface area contributed by atoms with E-state index in [0.717, 1.165) is 23.5 Å². The molecule has 3 heteroatoms. The first-order valence-electron chi connectivity index (χ1n) is 18.2. The predicted molar refractivity (Wildman–Crippen MR) is 233 cm³/mol. The van der Waals surface area contributed by atoms with Gasteiger partial charge < -0.3 is 4.90 Å². The Morgan fingerprint density at radius 1 is 0.453 bits per heavy atom. The van der Waals surface area contributed by atoms with Crippen molar-refractivity contribution in [3.05, 3.63) is 193 Å². The Bertz CT molecular complexity index is 2740. The van der Waals surface area contributed by atoms with Crippen LogP contribution < -0.4 is 4.90 Å². The molecule has 252 valence electrons. The lowest BCUT2D eigenvalue weighted by molar-refractivity contribution is 1.25. The summed E-state index contributed by atoms with van der Waals surface area (Å²) in [6.45, 7) is 2.11. The molecule has 0 N–H and O–H groups in total. The van der Waals surface area contributed by atoms with E-state index in [4.69, 9.17) is 0 Å². The quantitative estimate of drug-likeness (QED) is 0.166. The molecule has 1 aliphatic rings. The molecular formula is C50H35NS2. The Balaban J connectivity index is 1.04. The van der Waals surface area contributed by atoms with Gasteiger partial charge in [-0.05, 0) is 101 Å². The molecule has 0 amide bonds. The maximum atomic E-state index is 2.38. The topological polar surface area (TPSA) is 3.24 Å². The van der Waals surface area contributed by atoms with Crippen LogP contribution in [0.4, 0.5) is 17.1 Å². The molecule has 0 spiro atoms. The second-order valence-electron chi connectivity index (χ2n) is 13.6. The van der Waals surface area contributed by atoms with Crippen molar-refractivity contribution < 1.29 is 0 Å². The summed E-state index contributed by atoms with van der Waals surface area (Å²) in [5.41, 5.74) is 12.2. The maximum absolute atomic E-state index is 2.38. The van der Waals surface area contributed by atoms with Gasteiger partial charge in [0.25, 0.3) is 0 Å². The molecule has 53 heavy (non-hydrogen) atoms. The fraction of sp³-hybridized carbons (Fsp3) is 0.0400. The van der Waals surface area contributed by atoms with Crippen LogP contribution in [0.1, 0.15) is 18.9 Å². The average Bonchev–Trinajstić information content (AvgIpc) is 3.81. The van der Waals surface area contributed by atoms with Crippen molar-refractivity contribution >= 4 is 85.7 Å². The highest BCUT2D eigenvalue weighted by Crippen LogP contribution is 2.43. The highest BCUT2D eigenvalue weighted by atomic mass is 32.1. The zero-order chi connectivity index (χ0) is 35.3. The minimum atomic E-state index is 0.972. The van der Waals surface area contributed by atoms with Gasteiger partial charge in [-0.15, -0.1) is 22.7 Å². The lowest BCUT2D eigenvalue weighted by Gasteiger charge is -2.26. The molecule has 0 fully saturated rings. The van der Waals surface area contributed by atoms with Gasteiger partial charge in [0.2, 0.25) is 0 Å². The third-order valence-corrected chi connectivity index (χ3v) is 13.0. The third-order valence-electron chi connectivity index (χ3n) is 10.5. The molecular weight excluding hydrogens is 679 g/mol. The molecule has 0 saturated heterocycles. The fourth-order valence-electron chi connectivity index (χ4n) is 7.77. The molecule has 1 nitrogen and oxygen atoms in total. The monoisotopic (exact) mass is 713 g/mol. The van der Waals surface area contributed by atoms with Gasteiger partial charge in [-0.2, -0.15) is 0 Å². The molecule has 1 aliphatic carbocycles. The Morgan fingerprint density at radius 3 is 1.36 bits per heavy atom. The molecule has 0 aliphatic heterocycles. The van der Waals surface area contributed by atoms with Crippen LogP contribution in [0.3, 0.4) is 0 Å². The number of allylic oxidation sites excluding steroid dienone is 6. The zero-order valence-corrected chi connectivity index (χ0v) is 30.9. The molecule has 2 heterocycles. The molecule has 7 aromatic carbocycles. The van der Waals surface area contributed by atoms with Crippen molar-refractivity contribution in [3.63, 3.8) is 0 Å². The first kappa shape index (κ1) is 31.7. The summed E-state index contributed by atoms with van der Waals surface area (Å²) >= 11 is 3.76. The zero-order valence-electron chi connectivity index (χ0n) is 29.3. The van der Waals surface area contributed by atoms with Crippen molar-refractivity contribution in [2.45, 2.75) is 13.3 Å². The lowest BCUT2D eigenvalue weighted by atomic mass is 9.96. The van der Waals surface area contributed by atoms with Gasteiger partial charge in [-0.1, -0.05) is 133 Å². The van der Waals surface area contributed by atoms with Gasteiger partial charge >= 0.3 is 0 Å². The van der Waals surface area contributed by atoms with E-state index >= 15 is 0 Å². The number of thiophene rings is 2. The van der Waals surface area contributed by atoms with E-state index < -0.39 is 0 Å². The number of hydrogen-bond donors (Lipinski definition) is 0. The molecule has 10 rings (SSSR count). The number of benzene rings is 7. The predicted octanol–water partition coefficient (Wildman–Crippen LogP) is 15.5. The molecule has 0 atom stereocenters. The normalized spacial score (nSPS) is 13.8. The maximum Gasteiger partial charge on any atom is 0.0462 e. The standard InChI is InChI=1S/C50H35NS2/c1-2-33-17-19-34(20-18-33)35-21-27-38(28-22-35)51(39-29-23-36(24-30-39)41-11-7-13-45-43-9-3-5-15-47(43)52-49(41)45)40-31-25-37(26-32-40)42-12-8-14-46-44-10-4-6-16-48(44)53-50(42)46/h2-17,19-32H,18H2,1H3. The van der Waals surface area contributed by atoms with Gasteiger partial charge in [0, 0.05) is 57.4 Å². The Kier molecular flexibility index (Phi) is 7.90. The Morgan fingerprint density at radius 2 is 0.906 bits per heavy atom. The second-order valence-corrected chi connectivity index (χ2v) is 15.7. The molecule has 0 bridgehead atoms. The van der Waals surface area contributed by atoms with Gasteiger partial charge in [-0.3, -0.25) is 0 Å².